The Morgan fingerprint density at radius 2 is 1.12 bits per heavy atom. The molecule has 0 saturated carbocycles. The number of ether oxygens (including phenoxy) is 3. The Labute approximate surface area is 498 Å². The maximum absolute atomic E-state index is 13.8. The van der Waals surface area contributed by atoms with Crippen LogP contribution >= 0.6 is 0 Å². The quantitative estimate of drug-likeness (QED) is 0.0200. The van der Waals surface area contributed by atoms with Crippen molar-refractivity contribution in [2.45, 2.75) is 161 Å². The Kier molecular flexibility index (Phi) is 38.9. The minimum absolute atomic E-state index is 0.212. The van der Waals surface area contributed by atoms with E-state index in [9.17, 15) is 62.3 Å². The molecule has 9 atom stereocenters. The van der Waals surface area contributed by atoms with Gasteiger partial charge in [0.2, 0.25) is 77.3 Å². The highest BCUT2D eigenvalue weighted by molar-refractivity contribution is 5.98. The van der Waals surface area contributed by atoms with Gasteiger partial charge in [-0.3, -0.25) is 62.3 Å². The second-order valence-electron chi connectivity index (χ2n) is 20.9. The van der Waals surface area contributed by atoms with E-state index in [2.05, 4.69) is 63.8 Å². The molecule has 0 aromatic carbocycles. The summed E-state index contributed by atoms with van der Waals surface area (Å²) in [6.07, 6.45) is 3.59. The fourth-order valence-corrected chi connectivity index (χ4v) is 8.20. The molecule has 31 nitrogen and oxygen atoms in total. The average molecular weight is 1210 g/mol. The van der Waals surface area contributed by atoms with Crippen LogP contribution in [0.15, 0.2) is 0 Å². The molecule has 0 spiro atoms. The monoisotopic (exact) mass is 1210 g/mol. The summed E-state index contributed by atoms with van der Waals surface area (Å²) in [5.74, 6) is -7.86. The van der Waals surface area contributed by atoms with Crippen LogP contribution in [0.4, 0.5) is 0 Å². The van der Waals surface area contributed by atoms with Crippen LogP contribution in [0, 0.1) is 11.8 Å². The van der Waals surface area contributed by atoms with Gasteiger partial charge in [0.05, 0.1) is 52.1 Å². The summed E-state index contributed by atoms with van der Waals surface area (Å²) >= 11 is 0. The smallest absolute Gasteiger partial charge is 0.246 e. The number of unbranched alkanes of at least 4 members (excludes halogenated alkanes) is 1. The van der Waals surface area contributed by atoms with Gasteiger partial charge in [-0.15, -0.1) is 0 Å². The molecule has 85 heavy (non-hydrogen) atoms. The van der Waals surface area contributed by atoms with Gasteiger partial charge in [0.25, 0.3) is 0 Å². The predicted octanol–water partition coefficient (Wildman–Crippen LogP) is -5.33. The van der Waals surface area contributed by atoms with Gasteiger partial charge in [-0.05, 0) is 97.6 Å². The Hall–Kier alpha value is -7.09. The molecule has 1 heterocycles. The largest absolute Gasteiger partial charge is 0.379 e. The Bertz CT molecular complexity index is 2160. The molecule has 0 aromatic rings. The van der Waals surface area contributed by atoms with E-state index in [1.165, 1.54) is 18.7 Å². The minimum atomic E-state index is -1.32. The minimum Gasteiger partial charge on any atom is -0.379 e. The van der Waals surface area contributed by atoms with Crippen molar-refractivity contribution in [1.82, 2.24) is 68.7 Å². The number of rotatable bonds is 46. The number of carbonyl (C=O) groups is 13. The molecule has 31 heteroatoms. The van der Waals surface area contributed by atoms with Crippen LogP contribution in [0.1, 0.15) is 113 Å². The van der Waals surface area contributed by atoms with Crippen LogP contribution in [0.2, 0.25) is 0 Å². The average Bonchev–Trinajstić information content (AvgIpc) is 3.49. The number of carbonyl (C=O) groups excluding carboxylic acids is 13. The maximum atomic E-state index is 13.8. The second kappa shape index (κ2) is 43.5. The van der Waals surface area contributed by atoms with E-state index < -0.39 is 132 Å². The van der Waals surface area contributed by atoms with Crippen molar-refractivity contribution >= 4 is 77.3 Å². The van der Waals surface area contributed by atoms with Gasteiger partial charge in [0.1, 0.15) is 42.3 Å². The molecular formula is C54H97N15O16. The van der Waals surface area contributed by atoms with Crippen LogP contribution in [0.3, 0.4) is 0 Å². The third-order valence-electron chi connectivity index (χ3n) is 13.6. The lowest BCUT2D eigenvalue weighted by atomic mass is 9.97. The number of nitrogens with one attached hydrogen (secondary N) is 12. The molecule has 13 amide bonds. The van der Waals surface area contributed by atoms with E-state index in [1.54, 1.807) is 34.7 Å². The molecule has 0 aromatic heterocycles. The highest BCUT2D eigenvalue weighted by Gasteiger charge is 2.41. The highest BCUT2D eigenvalue weighted by Crippen LogP contribution is 2.22. The predicted molar refractivity (Wildman–Crippen MR) is 310 cm³/mol. The number of nitrogens with zero attached hydrogens (tertiary/aromatic N) is 1. The third kappa shape index (κ3) is 31.6. The van der Waals surface area contributed by atoms with Crippen LogP contribution in [-0.4, -0.2) is 223 Å². The standard InChI is InChI=1S/C54H97N15O16/c1-9-34(4)46(68-52(80)40-16-12-22-69(40)54(82)45(33(2)3)67-48(76)35(5)57-8)53(81)64-37(7)49(77)66-39(17-18-41(56)71)51(79)62-30-42(72)59-20-13-23-83-25-27-85-28-26-84-24-14-21-60-50(78)38(15-10-11-19-55)65-44(74)31-61-47(75)36(6)63-43(73)29-58-32-70/h32-40,45-46,57H,9-31,55H2,1-8H3,(H2,56,71)(H,58,70)(H,59,72)(H,60,78)(H,61,75)(H,62,79)(H,63,73)(H,64,81)(H,65,74)(H,66,77)(H,67,76)(H,68,80)/t34-,35-,36-,37-,38-,39-,40-,45?,46?/m0/s1. The van der Waals surface area contributed by atoms with E-state index in [-0.39, 0.29) is 83.9 Å². The van der Waals surface area contributed by atoms with Crippen LogP contribution in [0.25, 0.3) is 0 Å². The topological polar surface area (TPSA) is 449 Å². The van der Waals surface area contributed by atoms with Gasteiger partial charge in [-0.1, -0.05) is 34.1 Å². The zero-order chi connectivity index (χ0) is 63.9. The molecule has 0 aliphatic carbocycles. The molecule has 1 rings (SSSR count). The zero-order valence-corrected chi connectivity index (χ0v) is 50.7. The van der Waals surface area contributed by atoms with E-state index in [1.807, 2.05) is 6.92 Å². The maximum Gasteiger partial charge on any atom is 0.246 e. The number of nitrogens with two attached hydrogens (primary N) is 2. The lowest BCUT2D eigenvalue weighted by Gasteiger charge is -2.32. The van der Waals surface area contributed by atoms with Crippen molar-refractivity contribution in [1.29, 1.82) is 0 Å². The first-order valence-electron chi connectivity index (χ1n) is 29.2. The number of primary amides is 1. The molecule has 1 aliphatic heterocycles. The first-order chi connectivity index (χ1) is 40.4. The number of hydrogen-bond acceptors (Lipinski definition) is 18. The number of amides is 13. The summed E-state index contributed by atoms with van der Waals surface area (Å²) in [5.41, 5.74) is 10.9. The Balaban J connectivity index is 2.48. The fraction of sp³-hybridized carbons (Fsp3) is 0.759. The molecular weight excluding hydrogens is 1110 g/mol. The SMILES string of the molecule is CC[C@H](C)C(NC(=O)[C@@H]1CCCN1C(=O)C(NC(=O)[C@H](C)NC)C(C)C)C(=O)N[C@@H](C)C(=O)N[C@@H](CCC(N)=O)C(=O)NCC(=O)NCCCOCCOCCOCCCNC(=O)[C@H](CCCCN)NC(=O)CNC(=O)[C@H](C)NC(=O)CNC=O. The summed E-state index contributed by atoms with van der Waals surface area (Å²) in [6.45, 7) is 13.2. The summed E-state index contributed by atoms with van der Waals surface area (Å²) in [4.78, 5) is 166. The number of likely N-dealkylation sites (N-methyl/N-ethyl adjacent to an activating group) is 1. The van der Waals surface area contributed by atoms with Gasteiger partial charge < -0.3 is 94.4 Å². The number of likely N-dealkylation sites (tertiary alicyclic amines) is 1. The van der Waals surface area contributed by atoms with Gasteiger partial charge in [-0.2, -0.15) is 0 Å². The van der Waals surface area contributed by atoms with E-state index in [0.29, 0.717) is 70.9 Å². The van der Waals surface area contributed by atoms with Gasteiger partial charge >= 0.3 is 0 Å². The van der Waals surface area contributed by atoms with Gasteiger partial charge in [-0.25, -0.2) is 0 Å². The Morgan fingerprint density at radius 3 is 1.71 bits per heavy atom. The van der Waals surface area contributed by atoms with Crippen molar-refractivity contribution in [3.8, 4) is 0 Å². The van der Waals surface area contributed by atoms with Crippen molar-refractivity contribution in [2.24, 2.45) is 23.3 Å². The molecule has 1 aliphatic rings. The highest BCUT2D eigenvalue weighted by atomic mass is 16.5. The van der Waals surface area contributed by atoms with Crippen LogP contribution in [0.5, 0.6) is 0 Å². The summed E-state index contributed by atoms with van der Waals surface area (Å²) in [7, 11) is 1.62. The van der Waals surface area contributed by atoms with Crippen LogP contribution < -0.4 is 75.3 Å². The number of hydrogen-bond donors (Lipinski definition) is 14. The zero-order valence-electron chi connectivity index (χ0n) is 50.7. The molecule has 1 saturated heterocycles. The van der Waals surface area contributed by atoms with Gasteiger partial charge in [0.15, 0.2) is 0 Å². The summed E-state index contributed by atoms with van der Waals surface area (Å²) in [5, 5.41) is 30.9. The lowest BCUT2D eigenvalue weighted by Crippen LogP contribution is -2.60. The van der Waals surface area contributed by atoms with E-state index in [4.69, 9.17) is 25.7 Å². The first-order valence-corrected chi connectivity index (χ1v) is 29.2. The summed E-state index contributed by atoms with van der Waals surface area (Å²) < 4.78 is 16.6. The normalized spacial score (nSPS) is 15.6. The van der Waals surface area contributed by atoms with E-state index in [0.717, 1.165) is 0 Å². The van der Waals surface area contributed by atoms with Crippen LogP contribution in [-0.2, 0) is 76.5 Å². The van der Waals surface area contributed by atoms with Crippen molar-refractivity contribution in [2.75, 3.05) is 92.5 Å². The molecule has 0 bridgehead atoms. The van der Waals surface area contributed by atoms with Gasteiger partial charge in [0, 0.05) is 39.3 Å². The Morgan fingerprint density at radius 1 is 0.565 bits per heavy atom. The fourth-order valence-electron chi connectivity index (χ4n) is 8.20. The van der Waals surface area contributed by atoms with Crippen molar-refractivity contribution < 1.29 is 76.5 Å². The van der Waals surface area contributed by atoms with E-state index >= 15 is 0 Å². The molecule has 484 valence electrons. The summed E-state index contributed by atoms with van der Waals surface area (Å²) in [6, 6.07) is -7.88. The molecule has 1 fully saturated rings. The van der Waals surface area contributed by atoms with Crippen molar-refractivity contribution in [3.63, 3.8) is 0 Å². The lowest BCUT2D eigenvalue weighted by molar-refractivity contribution is -0.143. The molecule has 0 radical (unpaired) electrons. The third-order valence-corrected chi connectivity index (χ3v) is 13.6. The molecule has 16 N–H and O–H groups in total. The van der Waals surface area contributed by atoms with Crippen molar-refractivity contribution in [3.05, 3.63) is 0 Å². The second-order valence-corrected chi connectivity index (χ2v) is 20.9. The first kappa shape index (κ1) is 75.9. The molecule has 2 unspecified atom stereocenters.